The highest BCUT2D eigenvalue weighted by atomic mass is 32.2. The smallest absolute Gasteiger partial charge is 0.191 e. The predicted molar refractivity (Wildman–Crippen MR) is 113 cm³/mol. The predicted octanol–water partition coefficient (Wildman–Crippen LogP) is 2.92. The summed E-state index contributed by atoms with van der Waals surface area (Å²) < 4.78 is 13.0. The van der Waals surface area contributed by atoms with Gasteiger partial charge < -0.3 is 18.9 Å². The Kier molecular flexibility index (Phi) is 5.39. The molecule has 0 saturated carbocycles. The molecular formula is C21H25N5O2S. The molecule has 5 rings (SSSR count). The average Bonchev–Trinajstić information content (AvgIpc) is 3.51. The number of morpholine rings is 1. The number of aromatic nitrogens is 4. The van der Waals surface area contributed by atoms with Crippen LogP contribution in [0.2, 0.25) is 0 Å². The lowest BCUT2D eigenvalue weighted by atomic mass is 10.1. The Hall–Kier alpha value is -2.16. The van der Waals surface area contributed by atoms with Crippen LogP contribution in [0, 0.1) is 0 Å². The largest absolute Gasteiger partial charge is 0.378 e. The molecule has 2 fully saturated rings. The van der Waals surface area contributed by atoms with Crippen LogP contribution in [0.1, 0.15) is 18.1 Å². The molecule has 0 aliphatic carbocycles. The number of anilines is 1. The van der Waals surface area contributed by atoms with Crippen molar-refractivity contribution in [3.8, 4) is 0 Å². The van der Waals surface area contributed by atoms with E-state index in [-0.39, 0.29) is 6.10 Å². The van der Waals surface area contributed by atoms with Crippen molar-refractivity contribution in [3.63, 3.8) is 0 Å². The molecule has 0 spiro atoms. The number of hydrogen-bond acceptors (Lipinski definition) is 7. The zero-order valence-electron chi connectivity index (χ0n) is 16.6. The maximum atomic E-state index is 5.52. The third-order valence-corrected chi connectivity index (χ3v) is 6.26. The van der Waals surface area contributed by atoms with E-state index >= 15 is 0 Å². The number of rotatable bonds is 7. The number of nitrogens with zero attached hydrogens (tertiary/aromatic N) is 5. The average molecular weight is 412 g/mol. The fourth-order valence-corrected chi connectivity index (χ4v) is 4.31. The first-order chi connectivity index (χ1) is 14.3. The molecule has 0 amide bonds. The van der Waals surface area contributed by atoms with Crippen LogP contribution < -0.4 is 4.90 Å². The van der Waals surface area contributed by atoms with Gasteiger partial charge in [-0.25, -0.2) is 15.0 Å². The molecule has 2 aromatic heterocycles. The molecule has 152 valence electrons. The van der Waals surface area contributed by atoms with Gasteiger partial charge in [0, 0.05) is 18.8 Å². The van der Waals surface area contributed by atoms with Crippen molar-refractivity contribution in [2.24, 2.45) is 0 Å². The van der Waals surface area contributed by atoms with Gasteiger partial charge in [-0.3, -0.25) is 0 Å². The topological polar surface area (TPSA) is 68.6 Å². The summed E-state index contributed by atoms with van der Waals surface area (Å²) in [7, 11) is 0. The van der Waals surface area contributed by atoms with Gasteiger partial charge >= 0.3 is 0 Å². The fourth-order valence-electron chi connectivity index (χ4n) is 3.52. The highest BCUT2D eigenvalue weighted by molar-refractivity contribution is 7.98. The summed E-state index contributed by atoms with van der Waals surface area (Å²) >= 11 is 1.67. The van der Waals surface area contributed by atoms with E-state index in [0.29, 0.717) is 13.2 Å². The molecule has 0 bridgehead atoms. The maximum absolute atomic E-state index is 5.52. The van der Waals surface area contributed by atoms with Gasteiger partial charge in [0.2, 0.25) is 0 Å². The monoisotopic (exact) mass is 411 g/mol. The number of hydrogen-bond donors (Lipinski definition) is 0. The Labute approximate surface area is 174 Å². The number of thioether (sulfide) groups is 1. The number of aryl methyl sites for hydroxylation is 1. The van der Waals surface area contributed by atoms with E-state index in [1.807, 2.05) is 6.33 Å². The quantitative estimate of drug-likeness (QED) is 0.336. The van der Waals surface area contributed by atoms with Crippen molar-refractivity contribution in [3.05, 3.63) is 41.7 Å². The zero-order chi connectivity index (χ0) is 19.6. The normalized spacial score (nSPS) is 19.1. The summed E-state index contributed by atoms with van der Waals surface area (Å²) in [6.45, 7) is 6.87. The van der Waals surface area contributed by atoms with E-state index < -0.39 is 0 Å². The van der Waals surface area contributed by atoms with Gasteiger partial charge in [-0.15, -0.1) is 0 Å². The number of benzene rings is 1. The molecule has 0 radical (unpaired) electrons. The minimum Gasteiger partial charge on any atom is -0.378 e. The number of imidazole rings is 1. The molecule has 4 heterocycles. The summed E-state index contributed by atoms with van der Waals surface area (Å²) in [4.78, 5) is 16.7. The molecule has 2 aliphatic heterocycles. The van der Waals surface area contributed by atoms with Crippen LogP contribution in [-0.2, 0) is 28.2 Å². The van der Waals surface area contributed by atoms with E-state index in [2.05, 4.69) is 45.6 Å². The Bertz CT molecular complexity index is 981. The van der Waals surface area contributed by atoms with E-state index in [0.717, 1.165) is 60.6 Å². The lowest BCUT2D eigenvalue weighted by Crippen LogP contribution is -2.37. The van der Waals surface area contributed by atoms with Crippen LogP contribution in [0.3, 0.4) is 0 Å². The minimum atomic E-state index is 0.280. The van der Waals surface area contributed by atoms with E-state index in [1.165, 1.54) is 11.1 Å². The maximum Gasteiger partial charge on any atom is 0.191 e. The summed E-state index contributed by atoms with van der Waals surface area (Å²) in [5.41, 5.74) is 4.39. The van der Waals surface area contributed by atoms with Gasteiger partial charge in [-0.1, -0.05) is 43.0 Å². The first kappa shape index (κ1) is 18.8. The Balaban J connectivity index is 1.44. The Morgan fingerprint density at radius 1 is 1.10 bits per heavy atom. The highest BCUT2D eigenvalue weighted by Crippen LogP contribution is 2.29. The SMILES string of the molecule is CCc1ccc(CSc2nc(N3CCOCC3)c3ncn(CC4CO4)c3n2)cc1. The van der Waals surface area contributed by atoms with E-state index in [9.17, 15) is 0 Å². The molecule has 2 aliphatic rings. The second-order valence-electron chi connectivity index (χ2n) is 7.41. The van der Waals surface area contributed by atoms with Gasteiger partial charge in [0.25, 0.3) is 0 Å². The standard InChI is InChI=1S/C21H25N5O2S/c1-2-15-3-5-16(6-4-15)13-29-21-23-19(25-7-9-27-10-8-25)18-20(24-21)26(14-22-18)11-17-12-28-17/h3-6,14,17H,2,7-13H2,1H3. The third kappa shape index (κ3) is 4.24. The molecule has 1 atom stereocenters. The molecule has 29 heavy (non-hydrogen) atoms. The second-order valence-corrected chi connectivity index (χ2v) is 8.35. The van der Waals surface area contributed by atoms with Crippen LogP contribution in [0.4, 0.5) is 5.82 Å². The summed E-state index contributed by atoms with van der Waals surface area (Å²) in [6, 6.07) is 8.79. The molecule has 3 aromatic rings. The highest BCUT2D eigenvalue weighted by Gasteiger charge is 2.26. The van der Waals surface area contributed by atoms with Crippen molar-refractivity contribution in [1.29, 1.82) is 0 Å². The van der Waals surface area contributed by atoms with Gasteiger partial charge in [0.15, 0.2) is 22.1 Å². The summed E-state index contributed by atoms with van der Waals surface area (Å²) in [6.07, 6.45) is 3.20. The van der Waals surface area contributed by atoms with Gasteiger partial charge in [-0.2, -0.15) is 0 Å². The van der Waals surface area contributed by atoms with Crippen molar-refractivity contribution in [1.82, 2.24) is 19.5 Å². The molecule has 2 saturated heterocycles. The summed E-state index contributed by atoms with van der Waals surface area (Å²) in [5, 5.41) is 0.789. The lowest BCUT2D eigenvalue weighted by molar-refractivity contribution is 0.122. The van der Waals surface area contributed by atoms with E-state index in [1.54, 1.807) is 11.8 Å². The number of ether oxygens (including phenoxy) is 2. The van der Waals surface area contributed by atoms with Gasteiger partial charge in [-0.05, 0) is 17.5 Å². The first-order valence-corrected chi connectivity index (χ1v) is 11.2. The van der Waals surface area contributed by atoms with Crippen LogP contribution >= 0.6 is 11.8 Å². The molecule has 7 nitrogen and oxygen atoms in total. The molecule has 1 unspecified atom stereocenters. The van der Waals surface area contributed by atoms with Crippen molar-refractivity contribution >= 4 is 28.7 Å². The van der Waals surface area contributed by atoms with Gasteiger partial charge in [0.05, 0.1) is 38.8 Å². The van der Waals surface area contributed by atoms with E-state index in [4.69, 9.17) is 19.4 Å². The van der Waals surface area contributed by atoms with Crippen LogP contribution in [0.25, 0.3) is 11.2 Å². The Morgan fingerprint density at radius 3 is 2.59 bits per heavy atom. The van der Waals surface area contributed by atoms with Crippen LogP contribution in [0.15, 0.2) is 35.7 Å². The van der Waals surface area contributed by atoms with Crippen LogP contribution in [-0.4, -0.2) is 58.5 Å². The number of epoxide rings is 1. The molecule has 8 heteroatoms. The fraction of sp³-hybridized carbons (Fsp3) is 0.476. The van der Waals surface area contributed by atoms with Crippen molar-refractivity contribution in [2.45, 2.75) is 36.9 Å². The molecular weight excluding hydrogens is 386 g/mol. The van der Waals surface area contributed by atoms with Gasteiger partial charge in [0.1, 0.15) is 0 Å². The third-order valence-electron chi connectivity index (χ3n) is 5.34. The number of fused-ring (bicyclic) bond motifs is 1. The zero-order valence-corrected chi connectivity index (χ0v) is 17.4. The summed E-state index contributed by atoms with van der Waals surface area (Å²) in [5.74, 6) is 1.76. The minimum absolute atomic E-state index is 0.280. The lowest BCUT2D eigenvalue weighted by Gasteiger charge is -2.28. The Morgan fingerprint density at radius 2 is 1.86 bits per heavy atom. The molecule has 1 aromatic carbocycles. The second kappa shape index (κ2) is 8.30. The first-order valence-electron chi connectivity index (χ1n) is 10.2. The van der Waals surface area contributed by atoms with Crippen molar-refractivity contribution < 1.29 is 9.47 Å². The molecule has 0 N–H and O–H groups in total. The van der Waals surface area contributed by atoms with Crippen molar-refractivity contribution in [2.75, 3.05) is 37.8 Å². The van der Waals surface area contributed by atoms with Crippen LogP contribution in [0.5, 0.6) is 0 Å².